The number of nitrogens with one attached hydrogen (secondary N) is 2. The Morgan fingerprint density at radius 3 is 1.97 bits per heavy atom. The van der Waals surface area contributed by atoms with Gasteiger partial charge >= 0.3 is 5.97 Å². The lowest BCUT2D eigenvalue weighted by Gasteiger charge is -2.34. The maximum atomic E-state index is 13.5. The van der Waals surface area contributed by atoms with E-state index in [-0.39, 0.29) is 18.5 Å². The number of hydrogen-bond donors (Lipinski definition) is 4. The number of aliphatic carboxylic acids is 1. The van der Waals surface area contributed by atoms with Crippen LogP contribution in [0.5, 0.6) is 0 Å². The molecule has 4 aliphatic heterocycles. The Kier molecular flexibility index (Phi) is 8.13. The van der Waals surface area contributed by atoms with E-state index in [2.05, 4.69) is 10.6 Å². The Balaban J connectivity index is 1.44. The molecule has 0 spiro atoms. The molecule has 4 N–H and O–H groups in total. The first kappa shape index (κ1) is 26.3. The van der Waals surface area contributed by atoms with Crippen molar-refractivity contribution in [2.75, 3.05) is 26.2 Å². The molecule has 4 amide bonds. The normalized spacial score (nSPS) is 29.9. The summed E-state index contributed by atoms with van der Waals surface area (Å²) in [5, 5.41) is 25.7. The highest BCUT2D eigenvalue weighted by Gasteiger charge is 2.45. The van der Waals surface area contributed by atoms with Crippen molar-refractivity contribution in [2.45, 2.75) is 94.6 Å². The van der Waals surface area contributed by atoms with Crippen molar-refractivity contribution in [3.63, 3.8) is 0 Å². The molecular formula is C24H37N5O7. The van der Waals surface area contributed by atoms with E-state index in [0.717, 1.165) is 19.4 Å². The lowest BCUT2D eigenvalue weighted by molar-refractivity contribution is -0.153. The molecule has 0 aromatic rings. The highest BCUT2D eigenvalue weighted by Crippen LogP contribution is 2.26. The first-order valence-electron chi connectivity index (χ1n) is 13.1. The third-order valence-corrected chi connectivity index (χ3v) is 7.89. The molecule has 4 saturated heterocycles. The van der Waals surface area contributed by atoms with E-state index in [1.165, 1.54) is 16.7 Å². The van der Waals surface area contributed by atoms with Gasteiger partial charge < -0.3 is 35.5 Å². The fraction of sp³-hybridized carbons (Fsp3) is 0.792. The van der Waals surface area contributed by atoms with Crippen LogP contribution in [0.1, 0.15) is 58.3 Å². The molecule has 4 aliphatic rings. The van der Waals surface area contributed by atoms with Gasteiger partial charge in [-0.25, -0.2) is 4.79 Å². The number of nitrogens with zero attached hydrogens (tertiary/aromatic N) is 3. The summed E-state index contributed by atoms with van der Waals surface area (Å²) in [5.41, 5.74) is 0. The number of aliphatic hydroxyl groups excluding tert-OH is 1. The van der Waals surface area contributed by atoms with Gasteiger partial charge in [-0.15, -0.1) is 0 Å². The predicted octanol–water partition coefficient (Wildman–Crippen LogP) is -1.34. The molecule has 4 heterocycles. The van der Waals surface area contributed by atoms with Gasteiger partial charge in [0.1, 0.15) is 24.2 Å². The van der Waals surface area contributed by atoms with E-state index in [4.69, 9.17) is 0 Å². The smallest absolute Gasteiger partial charge is 0.326 e. The van der Waals surface area contributed by atoms with Gasteiger partial charge in [-0.3, -0.25) is 19.2 Å². The van der Waals surface area contributed by atoms with E-state index in [1.54, 1.807) is 4.90 Å². The van der Waals surface area contributed by atoms with Crippen molar-refractivity contribution in [3.8, 4) is 0 Å². The monoisotopic (exact) mass is 507 g/mol. The number of likely N-dealkylation sites (tertiary alicyclic amines) is 3. The van der Waals surface area contributed by atoms with E-state index in [1.807, 2.05) is 0 Å². The second-order valence-electron chi connectivity index (χ2n) is 10.3. The minimum Gasteiger partial charge on any atom is -0.480 e. The molecule has 0 aromatic carbocycles. The van der Waals surface area contributed by atoms with Crippen LogP contribution >= 0.6 is 0 Å². The molecule has 6 atom stereocenters. The van der Waals surface area contributed by atoms with E-state index < -0.39 is 54.0 Å². The number of carboxylic acid groups (broad SMARTS) is 1. The third-order valence-electron chi connectivity index (χ3n) is 7.89. The molecule has 0 saturated carbocycles. The Labute approximate surface area is 210 Å². The Morgan fingerprint density at radius 1 is 0.806 bits per heavy atom. The number of carbonyl (C=O) groups excluding carboxylic acids is 4. The Bertz CT molecular complexity index is 890. The minimum absolute atomic E-state index is 0.117. The van der Waals surface area contributed by atoms with Gasteiger partial charge in [0, 0.05) is 19.6 Å². The summed E-state index contributed by atoms with van der Waals surface area (Å²) < 4.78 is 0. The fourth-order valence-corrected chi connectivity index (χ4v) is 5.98. The quantitative estimate of drug-likeness (QED) is 0.330. The van der Waals surface area contributed by atoms with Crippen LogP contribution in [-0.2, 0) is 24.0 Å². The van der Waals surface area contributed by atoms with Crippen LogP contribution < -0.4 is 10.6 Å². The first-order chi connectivity index (χ1) is 17.2. The van der Waals surface area contributed by atoms with Crippen molar-refractivity contribution in [3.05, 3.63) is 0 Å². The van der Waals surface area contributed by atoms with Crippen LogP contribution in [0.3, 0.4) is 0 Å². The summed E-state index contributed by atoms with van der Waals surface area (Å²) in [6, 6.07) is -4.02. The van der Waals surface area contributed by atoms with Crippen LogP contribution in [-0.4, -0.2) is 117 Å². The number of amides is 4. The van der Waals surface area contributed by atoms with E-state index in [9.17, 15) is 34.2 Å². The first-order valence-corrected chi connectivity index (χ1v) is 13.1. The number of rotatable bonds is 7. The molecular weight excluding hydrogens is 470 g/mol. The second kappa shape index (κ2) is 11.1. The summed E-state index contributed by atoms with van der Waals surface area (Å²) in [6.45, 7) is 3.23. The number of carboxylic acids is 1. The van der Waals surface area contributed by atoms with Crippen molar-refractivity contribution in [2.24, 2.45) is 0 Å². The van der Waals surface area contributed by atoms with Gasteiger partial charge in [0.05, 0.1) is 12.1 Å². The minimum atomic E-state index is -1.28. The predicted molar refractivity (Wildman–Crippen MR) is 126 cm³/mol. The van der Waals surface area contributed by atoms with Crippen molar-refractivity contribution in [1.29, 1.82) is 0 Å². The van der Waals surface area contributed by atoms with Crippen LogP contribution in [0.15, 0.2) is 0 Å². The van der Waals surface area contributed by atoms with Gasteiger partial charge in [0.15, 0.2) is 0 Å². The fourth-order valence-electron chi connectivity index (χ4n) is 5.98. The van der Waals surface area contributed by atoms with Gasteiger partial charge in [-0.05, 0) is 64.8 Å². The number of carbonyl (C=O) groups is 5. The Morgan fingerprint density at radius 2 is 1.39 bits per heavy atom. The molecule has 0 radical (unpaired) electrons. The van der Waals surface area contributed by atoms with Gasteiger partial charge in [0.2, 0.25) is 23.6 Å². The van der Waals surface area contributed by atoms with E-state index in [0.29, 0.717) is 51.6 Å². The average molecular weight is 508 g/mol. The maximum Gasteiger partial charge on any atom is 0.326 e. The van der Waals surface area contributed by atoms with Crippen LogP contribution in [0.4, 0.5) is 0 Å². The summed E-state index contributed by atoms with van der Waals surface area (Å²) in [7, 11) is 0. The van der Waals surface area contributed by atoms with Gasteiger partial charge in [-0.2, -0.15) is 0 Å². The highest BCUT2D eigenvalue weighted by atomic mass is 16.4. The molecule has 0 unspecified atom stereocenters. The average Bonchev–Trinajstić information content (AvgIpc) is 3.66. The van der Waals surface area contributed by atoms with Crippen molar-refractivity contribution in [1.82, 2.24) is 25.3 Å². The molecule has 200 valence electrons. The SMILES string of the molecule is C[C@@H](O)[C@H](NC(=O)[C@@H]1CCCN1C(=O)[C@@H]1CCCN1)C(=O)N1CCC[C@H]1C(=O)N1CCC[C@H]1C(=O)O. The Hall–Kier alpha value is -2.73. The summed E-state index contributed by atoms with van der Waals surface area (Å²) in [5.74, 6) is -2.65. The maximum absolute atomic E-state index is 13.5. The number of aliphatic hydroxyl groups is 1. The number of hydrogen-bond acceptors (Lipinski definition) is 7. The van der Waals surface area contributed by atoms with E-state index >= 15 is 0 Å². The van der Waals surface area contributed by atoms with Crippen LogP contribution in [0.2, 0.25) is 0 Å². The standard InChI is InChI=1S/C24H37N5O7/c1-14(30)19(26-20(31)16-7-3-11-27(16)21(32)15-6-2-10-25-15)23(34)28-12-4-8-17(28)22(33)29-13-5-9-18(29)24(35)36/h14-19,25,30H,2-13H2,1H3,(H,26,31)(H,35,36)/t14-,15+,16+,17+,18+,19+/m1/s1. The molecule has 0 bridgehead atoms. The molecule has 4 fully saturated rings. The van der Waals surface area contributed by atoms with Gasteiger partial charge in [0.25, 0.3) is 0 Å². The lowest BCUT2D eigenvalue weighted by atomic mass is 10.1. The molecule has 4 rings (SSSR count). The lowest BCUT2D eigenvalue weighted by Crippen LogP contribution is -2.60. The molecule has 0 aliphatic carbocycles. The topological polar surface area (TPSA) is 160 Å². The summed E-state index contributed by atoms with van der Waals surface area (Å²) in [6.07, 6.45) is 3.47. The molecule has 12 nitrogen and oxygen atoms in total. The van der Waals surface area contributed by atoms with Crippen molar-refractivity contribution >= 4 is 29.6 Å². The van der Waals surface area contributed by atoms with Crippen molar-refractivity contribution < 1.29 is 34.2 Å². The van der Waals surface area contributed by atoms with Crippen LogP contribution in [0, 0.1) is 0 Å². The second-order valence-corrected chi connectivity index (χ2v) is 10.3. The zero-order valence-corrected chi connectivity index (χ0v) is 20.7. The highest BCUT2D eigenvalue weighted by molar-refractivity contribution is 5.96. The molecule has 36 heavy (non-hydrogen) atoms. The molecule has 0 aromatic heterocycles. The van der Waals surface area contributed by atoms with Gasteiger partial charge in [-0.1, -0.05) is 0 Å². The van der Waals surface area contributed by atoms with Crippen LogP contribution in [0.25, 0.3) is 0 Å². The molecule has 12 heteroatoms. The largest absolute Gasteiger partial charge is 0.480 e. The summed E-state index contributed by atoms with van der Waals surface area (Å²) in [4.78, 5) is 68.6. The zero-order chi connectivity index (χ0) is 26.0. The zero-order valence-electron chi connectivity index (χ0n) is 20.7. The third kappa shape index (κ3) is 5.19. The summed E-state index contributed by atoms with van der Waals surface area (Å²) >= 11 is 0.